The van der Waals surface area contributed by atoms with Crippen LogP contribution in [0.25, 0.3) is 6.08 Å². The normalized spacial score (nSPS) is 17.2. The Morgan fingerprint density at radius 2 is 1.95 bits per heavy atom. The van der Waals surface area contributed by atoms with Gasteiger partial charge in [0.05, 0.1) is 19.1 Å². The van der Waals surface area contributed by atoms with Gasteiger partial charge in [0.25, 0.3) is 11.1 Å². The lowest BCUT2D eigenvalue weighted by Gasteiger charge is -2.07. The molecule has 0 spiro atoms. The second kappa shape index (κ2) is 5.36. The number of carbonyl (C=O) groups excluding carboxylic acids is 2. The van der Waals surface area contributed by atoms with Crippen LogP contribution in [0.1, 0.15) is 5.56 Å². The minimum absolute atomic E-state index is 0.274. The number of hydrogen-bond donors (Lipinski definition) is 0. The Hall–Kier alpha value is -1.95. The van der Waals surface area contributed by atoms with Crippen LogP contribution < -0.4 is 9.47 Å². The SMILES string of the molecule is COc1ccc(/C=C2/SC(=O)N(C)C2=O)c(OC)c1. The first kappa shape index (κ1) is 13.5. The third kappa shape index (κ3) is 2.58. The zero-order valence-corrected chi connectivity index (χ0v) is 11.6. The second-order valence-corrected chi connectivity index (χ2v) is 4.84. The van der Waals surface area contributed by atoms with Crippen molar-refractivity contribution in [2.45, 2.75) is 0 Å². The van der Waals surface area contributed by atoms with Gasteiger partial charge >= 0.3 is 0 Å². The summed E-state index contributed by atoms with van der Waals surface area (Å²) >= 11 is 0.918. The van der Waals surface area contributed by atoms with Crippen LogP contribution in [0.4, 0.5) is 4.79 Å². The van der Waals surface area contributed by atoms with E-state index in [1.165, 1.54) is 14.2 Å². The summed E-state index contributed by atoms with van der Waals surface area (Å²) in [5.74, 6) is 0.952. The van der Waals surface area contributed by atoms with Crippen LogP contribution in [0.15, 0.2) is 23.1 Å². The summed E-state index contributed by atoms with van der Waals surface area (Å²) < 4.78 is 10.3. The fourth-order valence-electron chi connectivity index (χ4n) is 1.62. The van der Waals surface area contributed by atoms with Crippen LogP contribution in [0.5, 0.6) is 11.5 Å². The van der Waals surface area contributed by atoms with Crippen molar-refractivity contribution >= 4 is 29.0 Å². The zero-order chi connectivity index (χ0) is 14.0. The Balaban J connectivity index is 2.38. The number of likely N-dealkylation sites (N-methyl/N-ethyl adjacent to an activating group) is 1. The quantitative estimate of drug-likeness (QED) is 0.795. The summed E-state index contributed by atoms with van der Waals surface area (Å²) in [6, 6.07) is 5.27. The van der Waals surface area contributed by atoms with Crippen molar-refractivity contribution in [2.75, 3.05) is 21.3 Å². The summed E-state index contributed by atoms with van der Waals surface area (Å²) in [6.45, 7) is 0. The number of ether oxygens (including phenoxy) is 2. The van der Waals surface area contributed by atoms with Gasteiger partial charge in [-0.15, -0.1) is 0 Å². The first-order valence-electron chi connectivity index (χ1n) is 5.50. The zero-order valence-electron chi connectivity index (χ0n) is 10.8. The van der Waals surface area contributed by atoms with E-state index < -0.39 is 0 Å². The molecule has 19 heavy (non-hydrogen) atoms. The van der Waals surface area contributed by atoms with E-state index in [1.54, 1.807) is 31.4 Å². The first-order valence-corrected chi connectivity index (χ1v) is 6.32. The van der Waals surface area contributed by atoms with Gasteiger partial charge < -0.3 is 9.47 Å². The number of amides is 2. The minimum atomic E-state index is -0.298. The average Bonchev–Trinajstić information content (AvgIpc) is 2.67. The molecule has 1 aliphatic rings. The van der Waals surface area contributed by atoms with Gasteiger partial charge in [-0.25, -0.2) is 0 Å². The summed E-state index contributed by atoms with van der Waals surface area (Å²) in [5, 5.41) is -0.274. The van der Waals surface area contributed by atoms with E-state index >= 15 is 0 Å². The number of hydrogen-bond acceptors (Lipinski definition) is 5. The molecule has 0 radical (unpaired) electrons. The van der Waals surface area contributed by atoms with Gasteiger partial charge in [0.1, 0.15) is 11.5 Å². The lowest BCUT2D eigenvalue weighted by atomic mass is 10.1. The van der Waals surface area contributed by atoms with Crippen molar-refractivity contribution in [3.05, 3.63) is 28.7 Å². The standard InChI is InChI=1S/C13H13NO4S/c1-14-12(15)11(19-13(14)16)6-8-4-5-9(17-2)7-10(8)18-3/h4-7H,1-3H3/b11-6+. The molecule has 1 saturated heterocycles. The molecule has 2 rings (SSSR count). The molecular formula is C13H13NO4S. The highest BCUT2D eigenvalue weighted by Gasteiger charge is 2.31. The Labute approximate surface area is 115 Å². The topological polar surface area (TPSA) is 55.8 Å². The van der Waals surface area contributed by atoms with Crippen molar-refractivity contribution in [1.82, 2.24) is 4.90 Å². The van der Waals surface area contributed by atoms with Crippen molar-refractivity contribution in [1.29, 1.82) is 0 Å². The predicted octanol–water partition coefficient (Wildman–Crippen LogP) is 2.37. The first-order chi connectivity index (χ1) is 9.06. The molecule has 2 amide bonds. The largest absolute Gasteiger partial charge is 0.497 e. The summed E-state index contributed by atoms with van der Waals surface area (Å²) in [5.41, 5.74) is 0.724. The average molecular weight is 279 g/mol. The lowest BCUT2D eigenvalue weighted by molar-refractivity contribution is -0.121. The summed E-state index contributed by atoms with van der Waals surface area (Å²) in [7, 11) is 4.57. The Kier molecular flexibility index (Phi) is 3.80. The minimum Gasteiger partial charge on any atom is -0.497 e. The number of rotatable bonds is 3. The molecule has 1 aromatic rings. The smallest absolute Gasteiger partial charge is 0.293 e. The summed E-state index contributed by atoms with van der Waals surface area (Å²) in [4.78, 5) is 24.7. The highest BCUT2D eigenvalue weighted by Crippen LogP contribution is 2.34. The van der Waals surface area contributed by atoms with Gasteiger partial charge in [-0.1, -0.05) is 0 Å². The van der Waals surface area contributed by atoms with Crippen molar-refractivity contribution in [2.24, 2.45) is 0 Å². The monoisotopic (exact) mass is 279 g/mol. The van der Waals surface area contributed by atoms with Gasteiger partial charge in [-0.3, -0.25) is 14.5 Å². The van der Waals surface area contributed by atoms with Gasteiger partial charge in [0, 0.05) is 18.7 Å². The van der Waals surface area contributed by atoms with Crippen molar-refractivity contribution < 1.29 is 19.1 Å². The number of nitrogens with zero attached hydrogens (tertiary/aromatic N) is 1. The number of imide groups is 1. The molecule has 0 aromatic heterocycles. The maximum Gasteiger partial charge on any atom is 0.293 e. The van der Waals surface area contributed by atoms with Crippen molar-refractivity contribution in [3.8, 4) is 11.5 Å². The van der Waals surface area contributed by atoms with Crippen LogP contribution in [0.3, 0.4) is 0 Å². The molecule has 0 unspecified atom stereocenters. The Morgan fingerprint density at radius 1 is 1.21 bits per heavy atom. The molecule has 100 valence electrons. The van der Waals surface area contributed by atoms with E-state index in [4.69, 9.17) is 9.47 Å². The van der Waals surface area contributed by atoms with Crippen LogP contribution >= 0.6 is 11.8 Å². The molecule has 1 aliphatic heterocycles. The van der Waals surface area contributed by atoms with Crippen LogP contribution in [-0.2, 0) is 4.79 Å². The molecule has 5 nitrogen and oxygen atoms in total. The van der Waals surface area contributed by atoms with Crippen LogP contribution in [0, 0.1) is 0 Å². The van der Waals surface area contributed by atoms with Gasteiger partial charge in [-0.05, 0) is 30.0 Å². The third-order valence-corrected chi connectivity index (χ3v) is 3.67. The molecule has 0 aliphatic carbocycles. The maximum atomic E-state index is 11.8. The number of benzene rings is 1. The molecule has 6 heteroatoms. The number of carbonyl (C=O) groups is 2. The molecule has 1 aromatic carbocycles. The number of methoxy groups -OCH3 is 2. The molecule has 1 heterocycles. The van der Waals surface area contributed by atoms with Crippen molar-refractivity contribution in [3.63, 3.8) is 0 Å². The van der Waals surface area contributed by atoms with E-state index in [2.05, 4.69) is 0 Å². The highest BCUT2D eigenvalue weighted by atomic mass is 32.2. The fourth-order valence-corrected chi connectivity index (χ4v) is 2.44. The Morgan fingerprint density at radius 3 is 2.47 bits per heavy atom. The molecule has 0 atom stereocenters. The Bertz CT molecular complexity index is 568. The van der Waals surface area contributed by atoms with E-state index in [0.29, 0.717) is 16.4 Å². The van der Waals surface area contributed by atoms with E-state index in [9.17, 15) is 9.59 Å². The molecule has 0 N–H and O–H groups in total. The van der Waals surface area contributed by atoms with Gasteiger partial charge in [0.15, 0.2) is 0 Å². The molecule has 0 saturated carbocycles. The van der Waals surface area contributed by atoms with Gasteiger partial charge in [0.2, 0.25) is 0 Å². The van der Waals surface area contributed by atoms with Gasteiger partial charge in [-0.2, -0.15) is 0 Å². The molecule has 1 fully saturated rings. The number of thioether (sulfide) groups is 1. The molecule has 0 bridgehead atoms. The van der Waals surface area contributed by atoms with Crippen LogP contribution in [-0.4, -0.2) is 37.3 Å². The van der Waals surface area contributed by atoms with Crippen LogP contribution in [0.2, 0.25) is 0 Å². The third-order valence-electron chi connectivity index (χ3n) is 2.71. The maximum absolute atomic E-state index is 11.8. The van der Waals surface area contributed by atoms with E-state index in [1.807, 2.05) is 0 Å². The summed E-state index contributed by atoms with van der Waals surface area (Å²) in [6.07, 6.45) is 1.65. The lowest BCUT2D eigenvalue weighted by Crippen LogP contribution is -2.22. The predicted molar refractivity (Wildman–Crippen MR) is 73.3 cm³/mol. The second-order valence-electron chi connectivity index (χ2n) is 3.85. The van der Waals surface area contributed by atoms with E-state index in [0.717, 1.165) is 22.2 Å². The van der Waals surface area contributed by atoms with E-state index in [-0.39, 0.29) is 11.1 Å². The highest BCUT2D eigenvalue weighted by molar-refractivity contribution is 8.18. The molecular weight excluding hydrogens is 266 g/mol. The fraction of sp³-hybridized carbons (Fsp3) is 0.231.